The first-order valence-electron chi connectivity index (χ1n) is 9.70. The zero-order valence-corrected chi connectivity index (χ0v) is 16.2. The van der Waals surface area contributed by atoms with E-state index >= 15 is 0 Å². The molecule has 4 aliphatic rings. The highest BCUT2D eigenvalue weighted by Crippen LogP contribution is 2.75. The van der Waals surface area contributed by atoms with Crippen molar-refractivity contribution in [2.24, 2.45) is 11.8 Å². The number of hydrogen-bond acceptors (Lipinski definition) is 1. The molecule has 0 aliphatic heterocycles. The van der Waals surface area contributed by atoms with Crippen LogP contribution in [-0.4, -0.2) is 11.3 Å². The Hall–Kier alpha value is 0.450. The highest BCUT2D eigenvalue weighted by molar-refractivity contribution is 9.11. The van der Waals surface area contributed by atoms with Crippen LogP contribution in [0.1, 0.15) is 83.5 Å². The van der Waals surface area contributed by atoms with E-state index in [1.165, 1.54) is 93.3 Å². The summed E-state index contributed by atoms with van der Waals surface area (Å²) in [5, 5.41) is 1.49. The quantitative estimate of drug-likeness (QED) is 0.476. The summed E-state index contributed by atoms with van der Waals surface area (Å²) >= 11 is 3.94. The molecule has 3 saturated carbocycles. The van der Waals surface area contributed by atoms with Crippen LogP contribution in [0.25, 0.3) is 0 Å². The maximum absolute atomic E-state index is 14.6. The lowest BCUT2D eigenvalue weighted by Gasteiger charge is -2.41. The van der Waals surface area contributed by atoms with Crippen molar-refractivity contribution in [2.75, 3.05) is 0 Å². The van der Waals surface area contributed by atoms with Gasteiger partial charge in [-0.25, -0.2) is 0 Å². The van der Waals surface area contributed by atoms with Gasteiger partial charge >= 0.3 is 0 Å². The zero-order valence-electron chi connectivity index (χ0n) is 13.7. The fourth-order valence-corrected chi connectivity index (χ4v) is 12.5. The lowest BCUT2D eigenvalue weighted by atomic mass is 9.99. The van der Waals surface area contributed by atoms with Gasteiger partial charge in [0.1, 0.15) is 7.14 Å². The van der Waals surface area contributed by atoms with Crippen molar-refractivity contribution in [3.8, 4) is 0 Å². The third-order valence-electron chi connectivity index (χ3n) is 7.03. The van der Waals surface area contributed by atoms with Gasteiger partial charge < -0.3 is 4.57 Å². The number of halogens is 1. The van der Waals surface area contributed by atoms with Gasteiger partial charge in [-0.1, -0.05) is 54.5 Å². The van der Waals surface area contributed by atoms with Crippen LogP contribution >= 0.6 is 23.1 Å². The second kappa shape index (κ2) is 6.40. The largest absolute Gasteiger partial charge is 0.318 e. The number of fused-ring (bicyclic) bond motifs is 2. The second-order valence-electron chi connectivity index (χ2n) is 8.23. The molecule has 22 heavy (non-hydrogen) atoms. The van der Waals surface area contributed by atoms with E-state index in [9.17, 15) is 4.57 Å². The number of rotatable bonds is 3. The van der Waals surface area contributed by atoms with Gasteiger partial charge in [0.25, 0.3) is 0 Å². The van der Waals surface area contributed by atoms with Crippen LogP contribution < -0.4 is 0 Å². The first kappa shape index (κ1) is 15.9. The molecule has 124 valence electrons. The summed E-state index contributed by atoms with van der Waals surface area (Å²) in [4.78, 5) is 0. The molecule has 3 heteroatoms. The monoisotopic (exact) mass is 384 g/mol. The van der Waals surface area contributed by atoms with Crippen molar-refractivity contribution in [1.29, 1.82) is 0 Å². The number of allylic oxidation sites excluding steroid dienone is 2. The van der Waals surface area contributed by atoms with Crippen LogP contribution in [0.2, 0.25) is 0 Å². The maximum Gasteiger partial charge on any atom is 0.118 e. The van der Waals surface area contributed by atoms with Crippen molar-refractivity contribution >= 4 is 23.1 Å². The summed E-state index contributed by atoms with van der Waals surface area (Å²) in [5.41, 5.74) is 1.07. The third-order valence-corrected chi connectivity index (χ3v) is 13.0. The van der Waals surface area contributed by atoms with Crippen molar-refractivity contribution in [3.05, 3.63) is 9.80 Å². The Kier molecular flexibility index (Phi) is 4.64. The van der Waals surface area contributed by atoms with E-state index in [0.29, 0.717) is 17.2 Å². The standard InChI is InChI=1S/C19H30BrOP/c20-18-14-11-12-15(13-14)19(18)22(21,16-7-3-1-4-8-16)17-9-5-2-6-10-17/h14-17H,1-13H2. The first-order chi connectivity index (χ1) is 10.7. The van der Waals surface area contributed by atoms with Crippen LogP contribution in [-0.2, 0) is 4.57 Å². The molecule has 0 N–H and O–H groups in total. The first-order valence-corrected chi connectivity index (χ1v) is 12.3. The highest BCUT2D eigenvalue weighted by atomic mass is 79.9. The molecule has 2 unspecified atom stereocenters. The summed E-state index contributed by atoms with van der Waals surface area (Å²) in [6.45, 7) is 0. The third kappa shape index (κ3) is 2.52. The average Bonchev–Trinajstić information content (AvgIpc) is 3.17. The van der Waals surface area contributed by atoms with E-state index in [1.807, 2.05) is 0 Å². The van der Waals surface area contributed by atoms with Gasteiger partial charge in [0.05, 0.1) is 0 Å². The summed E-state index contributed by atoms with van der Waals surface area (Å²) < 4.78 is 16.1. The van der Waals surface area contributed by atoms with Crippen molar-refractivity contribution in [1.82, 2.24) is 0 Å². The minimum Gasteiger partial charge on any atom is -0.318 e. The second-order valence-corrected chi connectivity index (χ2v) is 12.4. The van der Waals surface area contributed by atoms with Gasteiger partial charge in [-0.2, -0.15) is 0 Å². The van der Waals surface area contributed by atoms with Crippen LogP contribution in [0.3, 0.4) is 0 Å². The van der Waals surface area contributed by atoms with E-state index < -0.39 is 7.14 Å². The molecule has 0 radical (unpaired) electrons. The normalized spacial score (nSPS) is 34.6. The van der Waals surface area contributed by atoms with E-state index in [1.54, 1.807) is 0 Å². The minimum absolute atomic E-state index is 0.534. The molecular formula is C19H30BrOP. The molecule has 0 aromatic carbocycles. The fourth-order valence-electron chi connectivity index (χ4n) is 5.94. The summed E-state index contributed by atoms with van der Waals surface area (Å²) in [6, 6.07) is 0. The molecule has 0 heterocycles. The zero-order chi connectivity index (χ0) is 15.2. The predicted molar refractivity (Wildman–Crippen MR) is 98.1 cm³/mol. The van der Waals surface area contributed by atoms with Crippen molar-refractivity contribution in [3.63, 3.8) is 0 Å². The molecule has 1 nitrogen and oxygen atoms in total. The molecule has 2 bridgehead atoms. The minimum atomic E-state index is -2.18. The van der Waals surface area contributed by atoms with Crippen LogP contribution in [0.4, 0.5) is 0 Å². The van der Waals surface area contributed by atoms with Gasteiger partial charge in [-0.15, -0.1) is 0 Å². The van der Waals surface area contributed by atoms with Crippen LogP contribution in [0.5, 0.6) is 0 Å². The van der Waals surface area contributed by atoms with E-state index in [0.717, 1.165) is 5.92 Å². The van der Waals surface area contributed by atoms with Gasteiger partial charge in [-0.05, 0) is 56.8 Å². The molecule has 4 rings (SSSR count). The molecule has 0 amide bonds. The fraction of sp³-hybridized carbons (Fsp3) is 0.895. The Morgan fingerprint density at radius 2 is 1.23 bits per heavy atom. The Morgan fingerprint density at radius 3 is 1.68 bits per heavy atom. The molecule has 2 atom stereocenters. The van der Waals surface area contributed by atoms with Gasteiger partial charge in [0.2, 0.25) is 0 Å². The lowest BCUT2D eigenvalue weighted by molar-refractivity contribution is 0.447. The van der Waals surface area contributed by atoms with E-state index in [-0.39, 0.29) is 0 Å². The smallest absolute Gasteiger partial charge is 0.118 e. The molecule has 0 aromatic rings. The predicted octanol–water partition coefficient (Wildman–Crippen LogP) is 7.05. The van der Waals surface area contributed by atoms with Crippen LogP contribution in [0, 0.1) is 11.8 Å². The lowest BCUT2D eigenvalue weighted by Crippen LogP contribution is -2.26. The summed E-state index contributed by atoms with van der Waals surface area (Å²) in [5.74, 6) is 1.40. The Labute approximate surface area is 144 Å². The SMILES string of the molecule is O=P(C1=C(Br)C2CCC1C2)(C1CCCCC1)C1CCCCC1. The Morgan fingerprint density at radius 1 is 0.727 bits per heavy atom. The van der Waals surface area contributed by atoms with Crippen LogP contribution in [0.15, 0.2) is 9.80 Å². The molecule has 0 saturated heterocycles. The van der Waals surface area contributed by atoms with Gasteiger partial charge in [0, 0.05) is 21.1 Å². The van der Waals surface area contributed by atoms with Gasteiger partial charge in [0.15, 0.2) is 0 Å². The van der Waals surface area contributed by atoms with Crippen molar-refractivity contribution < 1.29 is 4.57 Å². The Bertz CT molecular complexity index is 478. The molecular weight excluding hydrogens is 355 g/mol. The number of hydrogen-bond donors (Lipinski definition) is 0. The average molecular weight is 385 g/mol. The molecule has 4 aliphatic carbocycles. The van der Waals surface area contributed by atoms with E-state index in [4.69, 9.17) is 0 Å². The highest BCUT2D eigenvalue weighted by Gasteiger charge is 2.51. The summed E-state index contributed by atoms with van der Waals surface area (Å²) in [7, 11) is -2.18. The van der Waals surface area contributed by atoms with Gasteiger partial charge in [-0.3, -0.25) is 0 Å². The topological polar surface area (TPSA) is 17.1 Å². The maximum atomic E-state index is 14.6. The van der Waals surface area contributed by atoms with E-state index in [2.05, 4.69) is 15.9 Å². The summed E-state index contributed by atoms with van der Waals surface area (Å²) in [6.07, 6.45) is 17.0. The Balaban J connectivity index is 1.73. The molecule has 0 spiro atoms. The van der Waals surface area contributed by atoms with Crippen molar-refractivity contribution in [2.45, 2.75) is 94.8 Å². The molecule has 3 fully saturated rings. The molecule has 0 aromatic heterocycles.